The van der Waals surface area contributed by atoms with E-state index in [0.717, 1.165) is 7.11 Å². The first-order valence-electron chi connectivity index (χ1n) is 9.36. The van der Waals surface area contributed by atoms with Crippen molar-refractivity contribution in [2.75, 3.05) is 19.0 Å². The molecular formula is C20H24F3N3O4. The molecule has 1 heterocycles. The topological polar surface area (TPSA) is 93.6 Å². The third kappa shape index (κ3) is 6.06. The van der Waals surface area contributed by atoms with Crippen LogP contribution < -0.4 is 10.1 Å². The molecule has 1 aromatic carbocycles. The molecule has 0 saturated carbocycles. The zero-order valence-corrected chi connectivity index (χ0v) is 16.9. The number of halogens is 3. The molecule has 2 aromatic rings. The van der Waals surface area contributed by atoms with Gasteiger partial charge in [0, 0.05) is 18.4 Å². The molecule has 10 heteroatoms. The number of benzene rings is 1. The zero-order chi connectivity index (χ0) is 22.3. The first-order chi connectivity index (χ1) is 14.2. The molecule has 1 aromatic heterocycles. The number of carboxylic acid groups (broad SMARTS) is 1. The molecule has 2 N–H and O–H groups in total. The molecule has 0 spiro atoms. The SMILES string of the molecule is CCOc1ncc(Nc2cc(C(CC)CC(=O)O)ccc2[C@H](OC)C(F)(F)F)cn1. The second-order valence-electron chi connectivity index (χ2n) is 6.52. The van der Waals surface area contributed by atoms with Crippen LogP contribution in [0.15, 0.2) is 30.6 Å². The number of methoxy groups -OCH3 is 1. The van der Waals surface area contributed by atoms with Crippen LogP contribution in [0.1, 0.15) is 49.8 Å². The highest BCUT2D eigenvalue weighted by atomic mass is 19.4. The van der Waals surface area contributed by atoms with Crippen molar-refractivity contribution in [3.63, 3.8) is 0 Å². The lowest BCUT2D eigenvalue weighted by molar-refractivity contribution is -0.215. The molecule has 0 aliphatic carbocycles. The normalized spacial score (nSPS) is 13.5. The van der Waals surface area contributed by atoms with Gasteiger partial charge in [-0.1, -0.05) is 19.1 Å². The Morgan fingerprint density at radius 2 is 1.90 bits per heavy atom. The quantitative estimate of drug-likeness (QED) is 0.560. The predicted molar refractivity (Wildman–Crippen MR) is 104 cm³/mol. The average Bonchev–Trinajstić information content (AvgIpc) is 2.68. The number of anilines is 2. The van der Waals surface area contributed by atoms with Gasteiger partial charge in [-0.25, -0.2) is 9.97 Å². The third-order valence-electron chi connectivity index (χ3n) is 4.46. The Balaban J connectivity index is 2.47. The summed E-state index contributed by atoms with van der Waals surface area (Å²) in [5.41, 5.74) is 0.955. The van der Waals surface area contributed by atoms with Crippen LogP contribution in [0.4, 0.5) is 24.5 Å². The minimum atomic E-state index is -4.63. The van der Waals surface area contributed by atoms with Gasteiger partial charge < -0.3 is 19.9 Å². The van der Waals surface area contributed by atoms with Crippen LogP contribution in [0.5, 0.6) is 6.01 Å². The van der Waals surface area contributed by atoms with Crippen molar-refractivity contribution in [1.82, 2.24) is 9.97 Å². The van der Waals surface area contributed by atoms with Gasteiger partial charge in [0.15, 0.2) is 6.10 Å². The van der Waals surface area contributed by atoms with Gasteiger partial charge in [-0.2, -0.15) is 13.2 Å². The standard InChI is InChI=1S/C20H24F3N3O4/c1-4-12(9-17(27)28)13-6-7-15(18(29-3)20(21,22)23)16(8-13)26-14-10-24-19(25-11-14)30-5-2/h6-8,10-12,18,26H,4-5,9H2,1-3H3,(H,27,28)/t12?,18-/m0/s1. The van der Waals surface area contributed by atoms with Gasteiger partial charge in [-0.05, 0) is 30.9 Å². The van der Waals surface area contributed by atoms with E-state index in [4.69, 9.17) is 14.6 Å². The Morgan fingerprint density at radius 3 is 2.40 bits per heavy atom. The lowest BCUT2D eigenvalue weighted by Crippen LogP contribution is -2.23. The number of hydrogen-bond donors (Lipinski definition) is 2. The molecule has 0 aliphatic rings. The Bertz CT molecular complexity index is 844. The Hall–Kier alpha value is -2.88. The Labute approximate surface area is 172 Å². The van der Waals surface area contributed by atoms with Gasteiger partial charge in [0.2, 0.25) is 0 Å². The van der Waals surface area contributed by atoms with Gasteiger partial charge in [0.1, 0.15) is 0 Å². The number of hydrogen-bond acceptors (Lipinski definition) is 6. The number of aromatic nitrogens is 2. The summed E-state index contributed by atoms with van der Waals surface area (Å²) in [5.74, 6) is -1.33. The van der Waals surface area contributed by atoms with E-state index < -0.39 is 18.2 Å². The largest absolute Gasteiger partial charge is 0.481 e. The van der Waals surface area contributed by atoms with E-state index >= 15 is 0 Å². The van der Waals surface area contributed by atoms with E-state index in [-0.39, 0.29) is 29.6 Å². The average molecular weight is 427 g/mol. The van der Waals surface area contributed by atoms with Crippen molar-refractivity contribution in [2.24, 2.45) is 0 Å². The number of rotatable bonds is 10. The highest BCUT2D eigenvalue weighted by Gasteiger charge is 2.42. The summed E-state index contributed by atoms with van der Waals surface area (Å²) in [6.07, 6.45) is -3.62. The van der Waals surface area contributed by atoms with E-state index in [0.29, 0.717) is 24.3 Å². The third-order valence-corrected chi connectivity index (χ3v) is 4.46. The monoisotopic (exact) mass is 427 g/mol. The fourth-order valence-corrected chi connectivity index (χ4v) is 3.05. The van der Waals surface area contributed by atoms with Gasteiger partial charge >= 0.3 is 18.2 Å². The zero-order valence-electron chi connectivity index (χ0n) is 16.9. The molecule has 0 saturated heterocycles. The number of alkyl halides is 3. The fraction of sp³-hybridized carbons (Fsp3) is 0.450. The first-order valence-corrected chi connectivity index (χ1v) is 9.36. The minimum absolute atomic E-state index is 0.131. The van der Waals surface area contributed by atoms with Crippen LogP contribution in [0, 0.1) is 0 Å². The summed E-state index contributed by atoms with van der Waals surface area (Å²) < 4.78 is 50.3. The number of nitrogens with zero attached hydrogens (tertiary/aromatic N) is 2. The Morgan fingerprint density at radius 1 is 1.23 bits per heavy atom. The van der Waals surface area contributed by atoms with Crippen LogP contribution in [0.2, 0.25) is 0 Å². The number of nitrogens with one attached hydrogen (secondary N) is 1. The summed E-state index contributed by atoms with van der Waals surface area (Å²) in [4.78, 5) is 19.1. The van der Waals surface area contributed by atoms with Crippen molar-refractivity contribution in [1.29, 1.82) is 0 Å². The smallest absolute Gasteiger partial charge is 0.418 e. The number of carbonyl (C=O) groups is 1. The van der Waals surface area contributed by atoms with Gasteiger partial charge in [-0.15, -0.1) is 0 Å². The van der Waals surface area contributed by atoms with Crippen LogP contribution in [-0.4, -0.2) is 40.9 Å². The van der Waals surface area contributed by atoms with Crippen LogP contribution in [0.25, 0.3) is 0 Å². The molecule has 2 rings (SSSR count). The number of carboxylic acids is 1. The molecular weight excluding hydrogens is 403 g/mol. The molecule has 30 heavy (non-hydrogen) atoms. The fourth-order valence-electron chi connectivity index (χ4n) is 3.05. The summed E-state index contributed by atoms with van der Waals surface area (Å²) in [6.45, 7) is 3.97. The van der Waals surface area contributed by atoms with E-state index in [1.807, 2.05) is 6.92 Å². The van der Waals surface area contributed by atoms with Crippen LogP contribution in [0.3, 0.4) is 0 Å². The highest BCUT2D eigenvalue weighted by Crippen LogP contribution is 2.41. The van der Waals surface area contributed by atoms with Crippen LogP contribution >= 0.6 is 0 Å². The molecule has 0 amide bonds. The van der Waals surface area contributed by atoms with Crippen molar-refractivity contribution in [2.45, 2.75) is 44.9 Å². The molecule has 164 valence electrons. The number of aliphatic carboxylic acids is 1. The second kappa shape index (κ2) is 10.2. The molecule has 0 radical (unpaired) electrons. The van der Waals surface area contributed by atoms with E-state index in [9.17, 15) is 18.0 Å². The van der Waals surface area contributed by atoms with Crippen molar-refractivity contribution in [3.05, 3.63) is 41.7 Å². The lowest BCUT2D eigenvalue weighted by atomic mass is 9.91. The summed E-state index contributed by atoms with van der Waals surface area (Å²) in [5, 5.41) is 12.0. The van der Waals surface area contributed by atoms with Crippen LogP contribution in [-0.2, 0) is 9.53 Å². The molecule has 0 bridgehead atoms. The molecule has 0 fully saturated rings. The maximum absolute atomic E-state index is 13.5. The van der Waals surface area contributed by atoms with E-state index in [1.54, 1.807) is 6.92 Å². The van der Waals surface area contributed by atoms with Crippen molar-refractivity contribution >= 4 is 17.3 Å². The summed E-state index contributed by atoms with van der Waals surface area (Å²) in [7, 11) is 0.981. The van der Waals surface area contributed by atoms with Gasteiger partial charge in [-0.3, -0.25) is 4.79 Å². The summed E-state index contributed by atoms with van der Waals surface area (Å²) in [6, 6.07) is 4.47. The van der Waals surface area contributed by atoms with E-state index in [1.165, 1.54) is 30.6 Å². The maximum Gasteiger partial charge on any atom is 0.418 e. The van der Waals surface area contributed by atoms with E-state index in [2.05, 4.69) is 15.3 Å². The minimum Gasteiger partial charge on any atom is -0.481 e. The van der Waals surface area contributed by atoms with Gasteiger partial charge in [0.05, 0.1) is 31.1 Å². The Kier molecular flexibility index (Phi) is 7.99. The highest BCUT2D eigenvalue weighted by molar-refractivity contribution is 5.69. The second-order valence-corrected chi connectivity index (χ2v) is 6.52. The van der Waals surface area contributed by atoms with Crippen molar-refractivity contribution in [3.8, 4) is 6.01 Å². The maximum atomic E-state index is 13.5. The van der Waals surface area contributed by atoms with Crippen molar-refractivity contribution < 1.29 is 32.5 Å². The predicted octanol–water partition coefficient (Wildman–Crippen LogP) is 4.84. The molecule has 1 unspecified atom stereocenters. The van der Waals surface area contributed by atoms with Gasteiger partial charge in [0.25, 0.3) is 0 Å². The molecule has 0 aliphatic heterocycles. The number of ether oxygens (including phenoxy) is 2. The molecule has 7 nitrogen and oxygen atoms in total. The molecule has 2 atom stereocenters. The summed E-state index contributed by atoms with van der Waals surface area (Å²) >= 11 is 0. The first kappa shape index (κ1) is 23.4. The lowest BCUT2D eigenvalue weighted by Gasteiger charge is -2.24.